The average molecular weight is 355 g/mol. The van der Waals surface area contributed by atoms with Crippen molar-refractivity contribution in [1.82, 2.24) is 14.5 Å². The molecule has 0 fully saturated rings. The Morgan fingerprint density at radius 2 is 1.70 bits per heavy atom. The summed E-state index contributed by atoms with van der Waals surface area (Å²) in [5, 5.41) is 0.583. The van der Waals surface area contributed by atoms with Gasteiger partial charge in [0.25, 0.3) is 0 Å². The summed E-state index contributed by atoms with van der Waals surface area (Å²) in [6.07, 6.45) is 7.21. The molecule has 0 unspecified atom stereocenters. The van der Waals surface area contributed by atoms with Crippen LogP contribution in [0.3, 0.4) is 0 Å². The molecule has 5 heteroatoms. The monoisotopic (exact) mass is 355 g/mol. The van der Waals surface area contributed by atoms with Crippen molar-refractivity contribution in [2.45, 2.75) is 0 Å². The van der Waals surface area contributed by atoms with Gasteiger partial charge in [0.15, 0.2) is 5.43 Å². The molecule has 132 valence electrons. The summed E-state index contributed by atoms with van der Waals surface area (Å²) in [6.45, 7) is 0. The molecule has 27 heavy (non-hydrogen) atoms. The van der Waals surface area contributed by atoms with Crippen LogP contribution in [0, 0.1) is 0 Å². The van der Waals surface area contributed by atoms with Gasteiger partial charge in [-0.25, -0.2) is 9.97 Å². The lowest BCUT2D eigenvalue weighted by Gasteiger charge is -2.14. The van der Waals surface area contributed by atoms with Crippen molar-refractivity contribution in [3.63, 3.8) is 0 Å². The molecule has 0 saturated carbocycles. The molecule has 4 rings (SSSR count). The second-order valence-corrected chi connectivity index (χ2v) is 5.94. The van der Waals surface area contributed by atoms with Crippen LogP contribution in [0.1, 0.15) is 11.3 Å². The Kier molecular flexibility index (Phi) is 4.49. The van der Waals surface area contributed by atoms with E-state index in [0.29, 0.717) is 28.3 Å². The minimum atomic E-state index is -0.0625. The third-order valence-electron chi connectivity index (χ3n) is 4.25. The Morgan fingerprint density at radius 1 is 0.926 bits per heavy atom. The molecule has 4 aromatic rings. The molecule has 2 aromatic heterocycles. The van der Waals surface area contributed by atoms with Gasteiger partial charge in [-0.2, -0.15) is 0 Å². The van der Waals surface area contributed by atoms with Gasteiger partial charge >= 0.3 is 0 Å². The lowest BCUT2D eigenvalue weighted by Crippen LogP contribution is -2.13. The summed E-state index contributed by atoms with van der Waals surface area (Å²) in [6, 6.07) is 18.6. The lowest BCUT2D eigenvalue weighted by atomic mass is 10.1. The number of hydrogen-bond donors (Lipinski definition) is 0. The van der Waals surface area contributed by atoms with Gasteiger partial charge in [-0.1, -0.05) is 36.4 Å². The summed E-state index contributed by atoms with van der Waals surface area (Å²) < 4.78 is 7.21. The predicted octanol–water partition coefficient (Wildman–Crippen LogP) is 3.96. The Bertz CT molecular complexity index is 1170. The van der Waals surface area contributed by atoms with Crippen LogP contribution in [0.4, 0.5) is 0 Å². The maximum atomic E-state index is 12.7. The van der Waals surface area contributed by atoms with E-state index in [1.165, 1.54) is 0 Å². The first-order chi connectivity index (χ1) is 13.3. The summed E-state index contributed by atoms with van der Waals surface area (Å²) in [5.41, 5.74) is 2.36. The second kappa shape index (κ2) is 7.25. The third-order valence-corrected chi connectivity index (χ3v) is 4.25. The first-order valence-electron chi connectivity index (χ1n) is 8.50. The lowest BCUT2D eigenvalue weighted by molar-refractivity contribution is 0.415. The molecule has 0 aliphatic heterocycles. The number of benzene rings is 2. The van der Waals surface area contributed by atoms with Gasteiger partial charge in [-0.05, 0) is 29.8 Å². The Labute approximate surface area is 156 Å². The Morgan fingerprint density at radius 3 is 2.44 bits per heavy atom. The van der Waals surface area contributed by atoms with E-state index in [1.807, 2.05) is 53.1 Å². The molecule has 0 spiro atoms. The Balaban J connectivity index is 2.00. The first kappa shape index (κ1) is 16.7. The number of hydrogen-bond acceptors (Lipinski definition) is 4. The van der Waals surface area contributed by atoms with Gasteiger partial charge in [0.1, 0.15) is 5.75 Å². The largest absolute Gasteiger partial charge is 0.497 e. The molecule has 2 heterocycles. The smallest absolute Gasteiger partial charge is 0.234 e. The number of pyridine rings is 1. The van der Waals surface area contributed by atoms with E-state index in [2.05, 4.69) is 9.97 Å². The first-order valence-corrected chi connectivity index (χ1v) is 8.50. The van der Waals surface area contributed by atoms with Crippen LogP contribution in [-0.4, -0.2) is 21.6 Å². The Hall–Kier alpha value is -3.73. The van der Waals surface area contributed by atoms with E-state index in [4.69, 9.17) is 4.74 Å². The van der Waals surface area contributed by atoms with Crippen molar-refractivity contribution in [3.05, 3.63) is 94.5 Å². The van der Waals surface area contributed by atoms with E-state index >= 15 is 0 Å². The van der Waals surface area contributed by atoms with Gasteiger partial charge in [-0.3, -0.25) is 9.36 Å². The van der Waals surface area contributed by atoms with Gasteiger partial charge in [0.05, 0.1) is 18.3 Å². The maximum absolute atomic E-state index is 12.7. The molecule has 2 aromatic carbocycles. The molecule has 0 amide bonds. The third kappa shape index (κ3) is 3.35. The van der Waals surface area contributed by atoms with Crippen LogP contribution in [0.15, 0.2) is 77.9 Å². The van der Waals surface area contributed by atoms with Gasteiger partial charge in [0.2, 0.25) is 5.95 Å². The van der Waals surface area contributed by atoms with Crippen LogP contribution in [0.2, 0.25) is 0 Å². The molecule has 0 aliphatic rings. The topological polar surface area (TPSA) is 57.0 Å². The average Bonchev–Trinajstić information content (AvgIpc) is 2.73. The second-order valence-electron chi connectivity index (χ2n) is 5.94. The van der Waals surface area contributed by atoms with Crippen molar-refractivity contribution in [2.24, 2.45) is 0 Å². The minimum absolute atomic E-state index is 0.0625. The number of rotatable bonds is 4. The fraction of sp³-hybridized carbons (Fsp3) is 0.0455. The number of nitrogens with zero attached hydrogens (tertiary/aromatic N) is 3. The van der Waals surface area contributed by atoms with Crippen molar-refractivity contribution in [3.8, 4) is 11.7 Å². The zero-order chi connectivity index (χ0) is 18.6. The highest BCUT2D eigenvalue weighted by Crippen LogP contribution is 2.23. The SMILES string of the molecule is COc1ccc2c(=O)cc(/C=C/c3ccccc3)n(-c3ncccn3)c2c1. The molecule has 0 aliphatic carbocycles. The highest BCUT2D eigenvalue weighted by Gasteiger charge is 2.12. The summed E-state index contributed by atoms with van der Waals surface area (Å²) in [7, 11) is 1.60. The molecular weight excluding hydrogens is 338 g/mol. The zero-order valence-corrected chi connectivity index (χ0v) is 14.7. The minimum Gasteiger partial charge on any atom is -0.497 e. The molecule has 0 N–H and O–H groups in total. The van der Waals surface area contributed by atoms with Crippen LogP contribution < -0.4 is 10.2 Å². The van der Waals surface area contributed by atoms with Crippen molar-refractivity contribution in [1.29, 1.82) is 0 Å². The summed E-state index contributed by atoms with van der Waals surface area (Å²) in [5.74, 6) is 1.15. The van der Waals surface area contributed by atoms with E-state index in [-0.39, 0.29) is 5.43 Å². The fourth-order valence-electron chi connectivity index (χ4n) is 2.95. The van der Waals surface area contributed by atoms with E-state index in [1.54, 1.807) is 43.8 Å². The van der Waals surface area contributed by atoms with Crippen molar-refractivity contribution >= 4 is 23.1 Å². The van der Waals surface area contributed by atoms with Crippen LogP contribution in [-0.2, 0) is 0 Å². The van der Waals surface area contributed by atoms with Crippen molar-refractivity contribution in [2.75, 3.05) is 7.11 Å². The van der Waals surface area contributed by atoms with Crippen LogP contribution >= 0.6 is 0 Å². The van der Waals surface area contributed by atoms with Gasteiger partial charge < -0.3 is 4.74 Å². The maximum Gasteiger partial charge on any atom is 0.234 e. The van der Waals surface area contributed by atoms with Gasteiger partial charge in [0, 0.05) is 29.9 Å². The number of aromatic nitrogens is 3. The fourth-order valence-corrected chi connectivity index (χ4v) is 2.95. The van der Waals surface area contributed by atoms with Gasteiger partial charge in [-0.15, -0.1) is 0 Å². The van der Waals surface area contributed by atoms with E-state index < -0.39 is 0 Å². The number of fused-ring (bicyclic) bond motifs is 1. The van der Waals surface area contributed by atoms with Crippen molar-refractivity contribution < 1.29 is 4.74 Å². The molecule has 0 bridgehead atoms. The molecule has 5 nitrogen and oxygen atoms in total. The normalized spacial score (nSPS) is 11.1. The zero-order valence-electron chi connectivity index (χ0n) is 14.7. The highest BCUT2D eigenvalue weighted by molar-refractivity contribution is 5.84. The summed E-state index contributed by atoms with van der Waals surface area (Å²) >= 11 is 0. The van der Waals surface area contributed by atoms with E-state index in [0.717, 1.165) is 5.56 Å². The molecular formula is C22H17N3O2. The predicted molar refractivity (Wildman–Crippen MR) is 107 cm³/mol. The van der Waals surface area contributed by atoms with E-state index in [9.17, 15) is 4.79 Å². The summed E-state index contributed by atoms with van der Waals surface area (Å²) in [4.78, 5) is 21.4. The molecule has 0 atom stereocenters. The molecule has 0 saturated heterocycles. The number of ether oxygens (including phenoxy) is 1. The van der Waals surface area contributed by atoms with Crippen LogP contribution in [0.5, 0.6) is 5.75 Å². The molecule has 0 radical (unpaired) electrons. The van der Waals surface area contributed by atoms with Crippen LogP contribution in [0.25, 0.3) is 29.0 Å². The number of methoxy groups -OCH3 is 1. The standard InChI is InChI=1S/C22H17N3O2/c1-27-18-10-11-19-20(15-18)25(22-23-12-5-13-24-22)17(14-21(19)26)9-8-16-6-3-2-4-7-16/h2-15H,1H3/b9-8+. The highest BCUT2D eigenvalue weighted by atomic mass is 16.5. The quantitative estimate of drug-likeness (QED) is 0.556.